The summed E-state index contributed by atoms with van der Waals surface area (Å²) in [5.41, 5.74) is 2.81. The van der Waals surface area contributed by atoms with Gasteiger partial charge in [0.25, 0.3) is 5.89 Å². The number of nitrogens with zero attached hydrogens (tertiary/aromatic N) is 5. The topological polar surface area (TPSA) is 97.3 Å². The summed E-state index contributed by atoms with van der Waals surface area (Å²) in [6, 6.07) is 11.7. The highest BCUT2D eigenvalue weighted by Gasteiger charge is 2.28. The quantitative estimate of drug-likeness (QED) is 0.449. The van der Waals surface area contributed by atoms with Crippen molar-refractivity contribution in [3.63, 3.8) is 0 Å². The van der Waals surface area contributed by atoms with Crippen LogP contribution < -0.4 is 9.47 Å². The van der Waals surface area contributed by atoms with E-state index in [0.717, 1.165) is 16.8 Å². The first-order valence-electron chi connectivity index (χ1n) is 10.1. The van der Waals surface area contributed by atoms with E-state index in [4.69, 9.17) is 18.7 Å². The molecule has 5 rings (SSSR count). The van der Waals surface area contributed by atoms with Crippen LogP contribution in [0.5, 0.6) is 11.5 Å². The molecule has 3 heterocycles. The predicted molar refractivity (Wildman–Crippen MR) is 110 cm³/mol. The Morgan fingerprint density at radius 2 is 2.00 bits per heavy atom. The van der Waals surface area contributed by atoms with E-state index in [1.54, 1.807) is 36.1 Å². The Morgan fingerprint density at radius 1 is 1.16 bits per heavy atom. The van der Waals surface area contributed by atoms with Crippen LogP contribution in [0.2, 0.25) is 0 Å². The molecule has 1 atom stereocenters. The van der Waals surface area contributed by atoms with Gasteiger partial charge >= 0.3 is 0 Å². The monoisotopic (exact) mass is 437 g/mol. The predicted octanol–water partition coefficient (Wildman–Crippen LogP) is 3.81. The van der Waals surface area contributed by atoms with Crippen LogP contribution in [0, 0.1) is 5.82 Å². The Labute approximate surface area is 182 Å². The minimum atomic E-state index is -0.286. The molecule has 0 bridgehead atoms. The lowest BCUT2D eigenvalue weighted by molar-refractivity contribution is -0.00120. The lowest BCUT2D eigenvalue weighted by Crippen LogP contribution is -2.22. The molecule has 4 aromatic rings. The molecule has 0 spiro atoms. The molecule has 2 aromatic carbocycles. The van der Waals surface area contributed by atoms with Crippen molar-refractivity contribution >= 4 is 0 Å². The fourth-order valence-electron chi connectivity index (χ4n) is 3.58. The average Bonchev–Trinajstić information content (AvgIpc) is 3.46. The number of rotatable bonds is 6. The minimum absolute atomic E-state index is 0.243. The van der Waals surface area contributed by atoms with Crippen molar-refractivity contribution in [3.8, 4) is 34.5 Å². The standard InChI is InChI=1S/C22H20FN5O4/c1-3-30-18-10-14(6-9-17(18)29-2)21-24-22(32-26-21)20-16-12-31-19(11-28(16)27-25-20)13-4-7-15(23)8-5-13/h4-10,19H,3,11-12H2,1-2H3/t19-/m0/s1. The van der Waals surface area contributed by atoms with Crippen molar-refractivity contribution in [3.05, 3.63) is 59.5 Å². The van der Waals surface area contributed by atoms with Gasteiger partial charge < -0.3 is 18.7 Å². The molecule has 0 saturated heterocycles. The summed E-state index contributed by atoms with van der Waals surface area (Å²) >= 11 is 0. The van der Waals surface area contributed by atoms with Gasteiger partial charge in [0, 0.05) is 5.56 Å². The molecule has 32 heavy (non-hydrogen) atoms. The lowest BCUT2D eigenvalue weighted by Gasteiger charge is -2.24. The van der Waals surface area contributed by atoms with Crippen molar-refractivity contribution in [2.24, 2.45) is 0 Å². The van der Waals surface area contributed by atoms with E-state index < -0.39 is 0 Å². The van der Waals surface area contributed by atoms with Crippen LogP contribution in [0.3, 0.4) is 0 Å². The first-order valence-corrected chi connectivity index (χ1v) is 10.1. The van der Waals surface area contributed by atoms with Gasteiger partial charge in [0.05, 0.1) is 32.6 Å². The second-order valence-electron chi connectivity index (χ2n) is 7.14. The maximum absolute atomic E-state index is 13.2. The summed E-state index contributed by atoms with van der Waals surface area (Å²) < 4.78 is 37.3. The van der Waals surface area contributed by atoms with Crippen molar-refractivity contribution in [1.29, 1.82) is 0 Å². The van der Waals surface area contributed by atoms with Crippen molar-refractivity contribution in [1.82, 2.24) is 25.1 Å². The summed E-state index contributed by atoms with van der Waals surface area (Å²) in [7, 11) is 1.58. The Kier molecular flexibility index (Phi) is 5.28. The lowest BCUT2D eigenvalue weighted by atomic mass is 10.1. The highest BCUT2D eigenvalue weighted by molar-refractivity contribution is 5.63. The van der Waals surface area contributed by atoms with E-state index in [1.807, 2.05) is 13.0 Å². The van der Waals surface area contributed by atoms with Gasteiger partial charge in [-0.25, -0.2) is 9.07 Å². The van der Waals surface area contributed by atoms with Crippen LogP contribution in [0.15, 0.2) is 47.0 Å². The van der Waals surface area contributed by atoms with E-state index >= 15 is 0 Å². The molecule has 0 radical (unpaired) electrons. The van der Waals surface area contributed by atoms with Crippen LogP contribution >= 0.6 is 0 Å². The van der Waals surface area contributed by atoms with Crippen molar-refractivity contribution < 1.29 is 23.1 Å². The molecule has 10 heteroatoms. The van der Waals surface area contributed by atoms with Gasteiger partial charge in [-0.2, -0.15) is 4.98 Å². The third-order valence-electron chi connectivity index (χ3n) is 5.19. The number of methoxy groups -OCH3 is 1. The molecule has 0 amide bonds. The Morgan fingerprint density at radius 3 is 2.78 bits per heavy atom. The second kappa shape index (κ2) is 8.39. The van der Waals surface area contributed by atoms with E-state index in [-0.39, 0.29) is 24.4 Å². The molecule has 1 aliphatic heterocycles. The number of benzene rings is 2. The molecule has 1 aliphatic rings. The van der Waals surface area contributed by atoms with Gasteiger partial charge in [-0.15, -0.1) is 5.10 Å². The largest absolute Gasteiger partial charge is 0.493 e. The third kappa shape index (κ3) is 3.69. The van der Waals surface area contributed by atoms with Gasteiger partial charge in [0.15, 0.2) is 17.2 Å². The molecule has 0 N–H and O–H groups in total. The molecular formula is C22H20FN5O4. The summed E-state index contributed by atoms with van der Waals surface area (Å²) in [5.74, 6) is 1.58. The molecular weight excluding hydrogens is 417 g/mol. The number of hydrogen-bond acceptors (Lipinski definition) is 8. The number of halogens is 1. The van der Waals surface area contributed by atoms with Crippen molar-refractivity contribution in [2.75, 3.05) is 13.7 Å². The van der Waals surface area contributed by atoms with Crippen LogP contribution in [0.1, 0.15) is 24.3 Å². The van der Waals surface area contributed by atoms with E-state index in [9.17, 15) is 4.39 Å². The Bertz CT molecular complexity index is 1240. The minimum Gasteiger partial charge on any atom is -0.493 e. The highest BCUT2D eigenvalue weighted by Crippen LogP contribution is 2.34. The SMILES string of the molecule is CCOc1cc(-c2noc(-c3nnn4c3CO[C@H](c3ccc(F)cc3)C4)n2)ccc1OC. The number of hydrogen-bond donors (Lipinski definition) is 0. The highest BCUT2D eigenvalue weighted by atomic mass is 19.1. The number of ether oxygens (including phenoxy) is 3. The van der Waals surface area contributed by atoms with Crippen LogP contribution in [0.4, 0.5) is 4.39 Å². The van der Waals surface area contributed by atoms with Gasteiger partial charge in [0.1, 0.15) is 11.9 Å². The fourth-order valence-corrected chi connectivity index (χ4v) is 3.58. The molecule has 0 aliphatic carbocycles. The van der Waals surface area contributed by atoms with Gasteiger partial charge in [-0.05, 0) is 42.8 Å². The first kappa shape index (κ1) is 20.1. The zero-order chi connectivity index (χ0) is 22.1. The number of fused-ring (bicyclic) bond motifs is 1. The van der Waals surface area contributed by atoms with Crippen LogP contribution in [0.25, 0.3) is 23.0 Å². The molecule has 2 aromatic heterocycles. The second-order valence-corrected chi connectivity index (χ2v) is 7.14. The average molecular weight is 437 g/mol. The molecule has 0 fully saturated rings. The fraction of sp³-hybridized carbons (Fsp3) is 0.273. The zero-order valence-electron chi connectivity index (χ0n) is 17.5. The van der Waals surface area contributed by atoms with E-state index in [2.05, 4.69) is 20.5 Å². The summed E-state index contributed by atoms with van der Waals surface area (Å²) in [5, 5.41) is 12.5. The van der Waals surface area contributed by atoms with Crippen molar-refractivity contribution in [2.45, 2.75) is 26.2 Å². The van der Waals surface area contributed by atoms with Crippen LogP contribution in [-0.2, 0) is 17.9 Å². The molecule has 9 nitrogen and oxygen atoms in total. The maximum atomic E-state index is 13.2. The zero-order valence-corrected chi connectivity index (χ0v) is 17.5. The van der Waals surface area contributed by atoms with Gasteiger partial charge in [0.2, 0.25) is 5.82 Å². The summed E-state index contributed by atoms with van der Waals surface area (Å²) in [4.78, 5) is 4.49. The summed E-state index contributed by atoms with van der Waals surface area (Å²) in [6.45, 7) is 3.11. The number of aromatic nitrogens is 5. The first-order chi connectivity index (χ1) is 15.7. The molecule has 0 saturated carbocycles. The van der Waals surface area contributed by atoms with E-state index in [0.29, 0.717) is 36.2 Å². The van der Waals surface area contributed by atoms with E-state index in [1.165, 1.54) is 12.1 Å². The smallest absolute Gasteiger partial charge is 0.280 e. The Hall–Kier alpha value is -3.79. The van der Waals surface area contributed by atoms with Gasteiger partial charge in [-0.3, -0.25) is 0 Å². The Balaban J connectivity index is 1.39. The molecule has 164 valence electrons. The normalized spacial score (nSPS) is 15.4. The summed E-state index contributed by atoms with van der Waals surface area (Å²) in [6.07, 6.45) is -0.243. The van der Waals surface area contributed by atoms with Gasteiger partial charge in [-0.1, -0.05) is 22.5 Å². The van der Waals surface area contributed by atoms with Crippen LogP contribution in [-0.4, -0.2) is 38.9 Å². The molecule has 0 unspecified atom stereocenters. The maximum Gasteiger partial charge on any atom is 0.280 e. The third-order valence-corrected chi connectivity index (χ3v) is 5.19.